The molecule has 1 radical (unpaired) electrons. The summed E-state index contributed by atoms with van der Waals surface area (Å²) in [5.41, 5.74) is 1.14. The molecule has 0 heterocycles. The fraction of sp³-hybridized carbons (Fsp3) is 0.273. The number of carbonyl (C=O) groups is 1. The summed E-state index contributed by atoms with van der Waals surface area (Å²) < 4.78 is 4.89. The molecule has 0 amide bonds. The zero-order valence-electron chi connectivity index (χ0n) is 7.91. The molecule has 0 N–H and O–H groups in total. The SMILES string of the molecule is [CH2][C@H](C)c1ccc(OC(C)=O)cc1. The van der Waals surface area contributed by atoms with Crippen molar-refractivity contribution in [3.05, 3.63) is 36.8 Å². The third kappa shape index (κ3) is 2.90. The maximum Gasteiger partial charge on any atom is 0.308 e. The lowest BCUT2D eigenvalue weighted by Crippen LogP contribution is -2.01. The van der Waals surface area contributed by atoms with Crippen molar-refractivity contribution < 1.29 is 9.53 Å². The van der Waals surface area contributed by atoms with E-state index in [-0.39, 0.29) is 11.9 Å². The largest absolute Gasteiger partial charge is 0.427 e. The van der Waals surface area contributed by atoms with Crippen molar-refractivity contribution in [2.75, 3.05) is 0 Å². The van der Waals surface area contributed by atoms with Crippen molar-refractivity contribution in [3.8, 4) is 5.75 Å². The molecule has 0 aliphatic carbocycles. The van der Waals surface area contributed by atoms with Gasteiger partial charge in [0.2, 0.25) is 0 Å². The van der Waals surface area contributed by atoms with E-state index in [2.05, 4.69) is 6.92 Å². The van der Waals surface area contributed by atoms with E-state index in [0.717, 1.165) is 5.56 Å². The molecule has 1 atom stereocenters. The number of esters is 1. The van der Waals surface area contributed by atoms with Gasteiger partial charge in [-0.3, -0.25) is 4.79 Å². The summed E-state index contributed by atoms with van der Waals surface area (Å²) in [6, 6.07) is 7.38. The van der Waals surface area contributed by atoms with Crippen molar-refractivity contribution >= 4 is 5.97 Å². The molecule has 0 aliphatic heterocycles. The van der Waals surface area contributed by atoms with Gasteiger partial charge in [0.15, 0.2) is 0 Å². The summed E-state index contributed by atoms with van der Waals surface area (Å²) in [7, 11) is 0. The van der Waals surface area contributed by atoms with E-state index >= 15 is 0 Å². The Hall–Kier alpha value is -1.31. The monoisotopic (exact) mass is 177 g/mol. The first-order valence-electron chi connectivity index (χ1n) is 4.21. The number of hydrogen-bond acceptors (Lipinski definition) is 2. The molecule has 1 rings (SSSR count). The second-order valence-electron chi connectivity index (χ2n) is 3.06. The fourth-order valence-corrected chi connectivity index (χ4v) is 1.03. The summed E-state index contributed by atoms with van der Waals surface area (Å²) in [6.45, 7) is 7.29. The number of rotatable bonds is 2. The molecule has 2 nitrogen and oxygen atoms in total. The number of carbonyl (C=O) groups excluding carboxylic acids is 1. The third-order valence-corrected chi connectivity index (χ3v) is 1.71. The molecule has 0 aromatic heterocycles. The van der Waals surface area contributed by atoms with E-state index in [1.54, 1.807) is 12.1 Å². The summed E-state index contributed by atoms with van der Waals surface area (Å²) in [5.74, 6) is 0.540. The predicted octanol–water partition coefficient (Wildman–Crippen LogP) is 2.55. The molecule has 13 heavy (non-hydrogen) atoms. The molecule has 69 valence electrons. The van der Waals surface area contributed by atoms with Gasteiger partial charge in [-0.1, -0.05) is 19.1 Å². The zero-order chi connectivity index (χ0) is 9.84. The van der Waals surface area contributed by atoms with Crippen LogP contribution in [0.15, 0.2) is 24.3 Å². The van der Waals surface area contributed by atoms with Gasteiger partial charge < -0.3 is 4.74 Å². The second kappa shape index (κ2) is 4.08. The summed E-state index contributed by atoms with van der Waals surface area (Å²) in [4.78, 5) is 10.6. The molecular formula is C11H13O2. The van der Waals surface area contributed by atoms with Crippen LogP contribution < -0.4 is 4.74 Å². The first-order chi connectivity index (χ1) is 6.09. The van der Waals surface area contributed by atoms with Crippen LogP contribution in [-0.4, -0.2) is 5.97 Å². The molecule has 0 saturated carbocycles. The van der Waals surface area contributed by atoms with Crippen LogP contribution in [0.25, 0.3) is 0 Å². The lowest BCUT2D eigenvalue weighted by atomic mass is 10.0. The molecule has 1 aromatic carbocycles. The van der Waals surface area contributed by atoms with Gasteiger partial charge in [0.25, 0.3) is 0 Å². The molecule has 0 unspecified atom stereocenters. The predicted molar refractivity (Wildman–Crippen MR) is 51.5 cm³/mol. The highest BCUT2D eigenvalue weighted by Gasteiger charge is 2.00. The van der Waals surface area contributed by atoms with Crippen LogP contribution >= 0.6 is 0 Å². The fourth-order valence-electron chi connectivity index (χ4n) is 1.03. The van der Waals surface area contributed by atoms with E-state index in [1.165, 1.54) is 6.92 Å². The van der Waals surface area contributed by atoms with Gasteiger partial charge in [0, 0.05) is 6.92 Å². The molecule has 0 saturated heterocycles. The molecule has 0 bridgehead atoms. The molecule has 0 spiro atoms. The van der Waals surface area contributed by atoms with Gasteiger partial charge >= 0.3 is 5.97 Å². The normalized spacial score (nSPS) is 10.2. The van der Waals surface area contributed by atoms with Crippen molar-refractivity contribution in [1.82, 2.24) is 0 Å². The van der Waals surface area contributed by atoms with Crippen LogP contribution in [0, 0.1) is 6.92 Å². The first-order valence-corrected chi connectivity index (χ1v) is 4.21. The quantitative estimate of drug-likeness (QED) is 0.512. The summed E-state index contributed by atoms with van der Waals surface area (Å²) >= 11 is 0. The maximum absolute atomic E-state index is 10.6. The van der Waals surface area contributed by atoms with Crippen LogP contribution in [0.1, 0.15) is 25.3 Å². The van der Waals surface area contributed by atoms with E-state index in [4.69, 9.17) is 4.74 Å². The third-order valence-electron chi connectivity index (χ3n) is 1.71. The number of hydrogen-bond donors (Lipinski definition) is 0. The van der Waals surface area contributed by atoms with E-state index in [1.807, 2.05) is 19.1 Å². The number of benzene rings is 1. The van der Waals surface area contributed by atoms with Crippen LogP contribution in [0.5, 0.6) is 5.75 Å². The molecule has 0 aliphatic rings. The average molecular weight is 177 g/mol. The van der Waals surface area contributed by atoms with Crippen molar-refractivity contribution in [1.29, 1.82) is 0 Å². The van der Waals surface area contributed by atoms with Gasteiger partial charge in [-0.05, 0) is 30.5 Å². The van der Waals surface area contributed by atoms with Crippen molar-refractivity contribution in [2.24, 2.45) is 0 Å². The minimum Gasteiger partial charge on any atom is -0.427 e. The Morgan fingerprint density at radius 1 is 1.38 bits per heavy atom. The van der Waals surface area contributed by atoms with Crippen molar-refractivity contribution in [3.63, 3.8) is 0 Å². The minimum atomic E-state index is -0.296. The Balaban J connectivity index is 2.75. The topological polar surface area (TPSA) is 26.3 Å². The standard InChI is InChI=1S/C11H13O2/c1-8(2)10-4-6-11(7-5-10)13-9(3)12/h4-8H,1H2,2-3H3/t8-/m1/s1. The zero-order valence-corrected chi connectivity index (χ0v) is 7.91. The van der Waals surface area contributed by atoms with Crippen LogP contribution in [0.3, 0.4) is 0 Å². The Morgan fingerprint density at radius 2 is 1.92 bits per heavy atom. The Morgan fingerprint density at radius 3 is 2.31 bits per heavy atom. The highest BCUT2D eigenvalue weighted by atomic mass is 16.5. The molecule has 1 aromatic rings. The van der Waals surface area contributed by atoms with Crippen molar-refractivity contribution in [2.45, 2.75) is 19.8 Å². The number of ether oxygens (including phenoxy) is 1. The van der Waals surface area contributed by atoms with Gasteiger partial charge in [-0.15, -0.1) is 0 Å². The van der Waals surface area contributed by atoms with Crippen LogP contribution in [-0.2, 0) is 4.79 Å². The Labute approximate surface area is 78.5 Å². The van der Waals surface area contributed by atoms with Gasteiger partial charge in [0.05, 0.1) is 0 Å². The average Bonchev–Trinajstić information content (AvgIpc) is 2.04. The first kappa shape index (κ1) is 9.78. The summed E-state index contributed by atoms with van der Waals surface area (Å²) in [5, 5.41) is 0. The van der Waals surface area contributed by atoms with E-state index in [0.29, 0.717) is 5.75 Å². The van der Waals surface area contributed by atoms with E-state index < -0.39 is 0 Å². The van der Waals surface area contributed by atoms with Gasteiger partial charge in [-0.25, -0.2) is 0 Å². The Bertz CT molecular complexity index is 285. The van der Waals surface area contributed by atoms with E-state index in [9.17, 15) is 4.79 Å². The Kier molecular flexibility index (Phi) is 3.07. The maximum atomic E-state index is 10.6. The smallest absolute Gasteiger partial charge is 0.308 e. The minimum absolute atomic E-state index is 0.256. The lowest BCUT2D eigenvalue weighted by Gasteiger charge is -2.05. The van der Waals surface area contributed by atoms with Crippen LogP contribution in [0.4, 0.5) is 0 Å². The summed E-state index contributed by atoms with van der Waals surface area (Å²) in [6.07, 6.45) is 0. The molecule has 2 heteroatoms. The van der Waals surface area contributed by atoms with Gasteiger partial charge in [-0.2, -0.15) is 0 Å². The molecule has 0 fully saturated rings. The highest BCUT2D eigenvalue weighted by molar-refractivity contribution is 5.69. The van der Waals surface area contributed by atoms with Crippen LogP contribution in [0.2, 0.25) is 0 Å². The van der Waals surface area contributed by atoms with Gasteiger partial charge in [0.1, 0.15) is 5.75 Å². The second-order valence-corrected chi connectivity index (χ2v) is 3.06. The lowest BCUT2D eigenvalue weighted by molar-refractivity contribution is -0.131. The highest BCUT2D eigenvalue weighted by Crippen LogP contribution is 2.18. The molecular weight excluding hydrogens is 164 g/mol.